The Morgan fingerprint density at radius 3 is 0.890 bits per heavy atom. The minimum atomic E-state index is -0.855. The van der Waals surface area contributed by atoms with E-state index in [0.717, 1.165) is 70.6 Å². The molecule has 0 N–H and O–H groups in total. The molecule has 1 atom stereocenters. The Morgan fingerprint density at radius 1 is 0.274 bits per heavy atom. The topological polar surface area (TPSA) is 78.9 Å². The predicted molar refractivity (Wildman–Crippen MR) is 316 cm³/mol. The zero-order valence-electron chi connectivity index (χ0n) is 47.1. The van der Waals surface area contributed by atoms with E-state index in [-0.39, 0.29) is 38.0 Å². The maximum atomic E-state index is 12.8. The van der Waals surface area contributed by atoms with Gasteiger partial charge in [-0.25, -0.2) is 0 Å². The minimum Gasteiger partial charge on any atom is -0.462 e. The lowest BCUT2D eigenvalue weighted by atomic mass is 10.1. The molecule has 0 aromatic heterocycles. The van der Waals surface area contributed by atoms with E-state index < -0.39 is 12.1 Å². The minimum absolute atomic E-state index is 0.137. The van der Waals surface area contributed by atoms with Gasteiger partial charge < -0.3 is 14.2 Å². The largest absolute Gasteiger partial charge is 0.462 e. The molecule has 6 heteroatoms. The molecule has 0 fully saturated rings. The maximum Gasteiger partial charge on any atom is 0.306 e. The van der Waals surface area contributed by atoms with Crippen LogP contribution in [0.4, 0.5) is 0 Å². The summed E-state index contributed by atoms with van der Waals surface area (Å²) in [5.41, 5.74) is 0. The molecule has 0 bridgehead atoms. The lowest BCUT2D eigenvalue weighted by Gasteiger charge is -2.18. The van der Waals surface area contributed by atoms with Crippen molar-refractivity contribution in [2.75, 3.05) is 13.2 Å². The molecule has 0 saturated carbocycles. The highest BCUT2D eigenvalue weighted by Crippen LogP contribution is 2.13. The lowest BCUT2D eigenvalue weighted by Crippen LogP contribution is -2.30. The van der Waals surface area contributed by atoms with E-state index in [9.17, 15) is 14.4 Å². The summed E-state index contributed by atoms with van der Waals surface area (Å²) in [7, 11) is 0. The van der Waals surface area contributed by atoms with Crippen LogP contribution in [0.5, 0.6) is 0 Å². The second kappa shape index (κ2) is 60.1. The van der Waals surface area contributed by atoms with Crippen LogP contribution in [0.1, 0.15) is 252 Å². The van der Waals surface area contributed by atoms with Crippen molar-refractivity contribution in [1.82, 2.24) is 0 Å². The van der Waals surface area contributed by atoms with Crippen LogP contribution in [0.3, 0.4) is 0 Å². The Kier molecular flexibility index (Phi) is 56.4. The Labute approximate surface area is 449 Å². The van der Waals surface area contributed by atoms with Gasteiger partial charge in [-0.05, 0) is 122 Å². The third kappa shape index (κ3) is 58.3. The lowest BCUT2D eigenvalue weighted by molar-refractivity contribution is -0.166. The summed E-state index contributed by atoms with van der Waals surface area (Å²) in [6.07, 6.45) is 84.6. The van der Waals surface area contributed by atoms with Gasteiger partial charge in [-0.3, -0.25) is 14.4 Å². The monoisotopic (exact) mass is 1010 g/mol. The van der Waals surface area contributed by atoms with Gasteiger partial charge in [0.25, 0.3) is 0 Å². The molecule has 0 unspecified atom stereocenters. The quantitative estimate of drug-likeness (QED) is 0.0261. The van der Waals surface area contributed by atoms with Gasteiger partial charge in [-0.1, -0.05) is 244 Å². The average molecular weight is 1010 g/mol. The van der Waals surface area contributed by atoms with Gasteiger partial charge in [0.2, 0.25) is 0 Å². The Bertz CT molecular complexity index is 1580. The van der Waals surface area contributed by atoms with E-state index in [0.29, 0.717) is 19.3 Å². The maximum absolute atomic E-state index is 12.8. The summed E-state index contributed by atoms with van der Waals surface area (Å²) in [5, 5.41) is 0. The van der Waals surface area contributed by atoms with Crippen molar-refractivity contribution in [2.45, 2.75) is 258 Å². The van der Waals surface area contributed by atoms with Crippen molar-refractivity contribution in [3.8, 4) is 0 Å². The third-order valence-corrected chi connectivity index (χ3v) is 12.1. The van der Waals surface area contributed by atoms with Crippen molar-refractivity contribution in [3.63, 3.8) is 0 Å². The zero-order valence-corrected chi connectivity index (χ0v) is 47.1. The van der Waals surface area contributed by atoms with Gasteiger partial charge in [0.1, 0.15) is 13.2 Å². The molecule has 0 aliphatic heterocycles. The van der Waals surface area contributed by atoms with Crippen LogP contribution in [-0.4, -0.2) is 37.2 Å². The number of esters is 3. The van der Waals surface area contributed by atoms with E-state index in [2.05, 4.69) is 130 Å². The fourth-order valence-corrected chi connectivity index (χ4v) is 7.64. The van der Waals surface area contributed by atoms with Gasteiger partial charge in [0.05, 0.1) is 0 Å². The summed E-state index contributed by atoms with van der Waals surface area (Å²) in [5.74, 6) is -1.11. The van der Waals surface area contributed by atoms with E-state index in [4.69, 9.17) is 14.2 Å². The number of hydrogen-bond acceptors (Lipinski definition) is 6. The van der Waals surface area contributed by atoms with Crippen molar-refractivity contribution in [2.24, 2.45) is 0 Å². The van der Waals surface area contributed by atoms with Gasteiger partial charge in [-0.15, -0.1) is 0 Å². The number of unbranched alkanes of at least 4 members (excludes halogenated alkanes) is 19. The summed E-state index contributed by atoms with van der Waals surface area (Å²) in [4.78, 5) is 38.1. The fraction of sp³-hybridized carbons (Fsp3) is 0.627. The number of rotatable bonds is 52. The molecular formula is C67H108O6. The molecule has 0 aliphatic carbocycles. The molecule has 73 heavy (non-hydrogen) atoms. The Morgan fingerprint density at radius 2 is 0.521 bits per heavy atom. The first-order valence-corrected chi connectivity index (χ1v) is 29.7. The SMILES string of the molecule is CCCCC/C=C\C/C=C\C/C=C\C/C=C\C/C=C\CCC(=O)OC[C@H](COC(=O)CCCCCCCCC/C=C\CCCCCCCC)OC(=O)CC/C=C\C/C=C\C/C=C\C/C=C\C/C=C\CCCCC. The van der Waals surface area contributed by atoms with Crippen molar-refractivity contribution >= 4 is 17.9 Å². The van der Waals surface area contributed by atoms with Gasteiger partial charge in [-0.2, -0.15) is 0 Å². The second-order valence-corrected chi connectivity index (χ2v) is 19.2. The highest BCUT2D eigenvalue weighted by molar-refractivity contribution is 5.71. The van der Waals surface area contributed by atoms with Gasteiger partial charge in [0, 0.05) is 19.3 Å². The van der Waals surface area contributed by atoms with Crippen LogP contribution in [0.2, 0.25) is 0 Å². The van der Waals surface area contributed by atoms with Crippen LogP contribution in [0, 0.1) is 0 Å². The van der Waals surface area contributed by atoms with Crippen molar-refractivity contribution in [3.05, 3.63) is 134 Å². The summed E-state index contributed by atoms with van der Waals surface area (Å²) >= 11 is 0. The first-order valence-electron chi connectivity index (χ1n) is 29.7. The molecule has 0 radical (unpaired) electrons. The van der Waals surface area contributed by atoms with Crippen LogP contribution in [0.15, 0.2) is 134 Å². The molecule has 0 rings (SSSR count). The van der Waals surface area contributed by atoms with E-state index in [1.54, 1.807) is 0 Å². The number of hydrogen-bond donors (Lipinski definition) is 0. The summed E-state index contributed by atoms with van der Waals surface area (Å²) < 4.78 is 16.7. The fourth-order valence-electron chi connectivity index (χ4n) is 7.64. The normalized spacial score (nSPS) is 13.1. The van der Waals surface area contributed by atoms with Crippen LogP contribution >= 0.6 is 0 Å². The third-order valence-electron chi connectivity index (χ3n) is 12.1. The van der Waals surface area contributed by atoms with E-state index in [1.807, 2.05) is 24.3 Å². The number of ether oxygens (including phenoxy) is 3. The highest BCUT2D eigenvalue weighted by Gasteiger charge is 2.19. The van der Waals surface area contributed by atoms with Crippen molar-refractivity contribution in [1.29, 1.82) is 0 Å². The van der Waals surface area contributed by atoms with Gasteiger partial charge in [0.15, 0.2) is 6.10 Å². The molecule has 6 nitrogen and oxygen atoms in total. The Balaban J connectivity index is 4.63. The molecule has 412 valence electrons. The molecule has 0 heterocycles. The predicted octanol–water partition coefficient (Wildman–Crippen LogP) is 20.2. The van der Waals surface area contributed by atoms with E-state index in [1.165, 1.54) is 128 Å². The highest BCUT2D eigenvalue weighted by atomic mass is 16.6. The standard InChI is InChI=1S/C67H108O6/c1-4-7-10-13-16-19-22-25-28-31-33-36-39-42-45-48-51-54-57-60-66(69)72-63-64(62-71-65(68)59-56-53-50-47-44-41-38-35-30-27-24-21-18-15-12-9-6-3)73-67(70)61-58-55-52-49-46-43-40-37-34-32-29-26-23-20-17-14-11-8-5-2/h16-17,19-20,25-30,33-34,36-37,42-43,45-46,51-52,54-55,64H,4-15,18,21-24,31-32,35,38-41,44,47-50,53,56-63H2,1-3H3/b19-16-,20-17-,28-25-,29-26-,30-27-,36-33-,37-34-,45-42-,46-43-,54-51-,55-52-/t64-/m0/s1. The summed E-state index contributed by atoms with van der Waals surface area (Å²) in [6, 6.07) is 0. The van der Waals surface area contributed by atoms with Crippen LogP contribution in [-0.2, 0) is 28.6 Å². The molecule has 0 amide bonds. The zero-order chi connectivity index (χ0) is 52.9. The first-order chi connectivity index (χ1) is 36.0. The summed E-state index contributed by atoms with van der Waals surface area (Å²) in [6.45, 7) is 6.45. The van der Waals surface area contributed by atoms with Crippen LogP contribution in [0.25, 0.3) is 0 Å². The molecule has 0 aromatic carbocycles. The molecular weight excluding hydrogens is 901 g/mol. The number of carbonyl (C=O) groups is 3. The van der Waals surface area contributed by atoms with E-state index >= 15 is 0 Å². The number of allylic oxidation sites excluding steroid dienone is 22. The second-order valence-electron chi connectivity index (χ2n) is 19.2. The van der Waals surface area contributed by atoms with Crippen LogP contribution < -0.4 is 0 Å². The molecule has 0 aromatic rings. The first kappa shape index (κ1) is 68.6. The van der Waals surface area contributed by atoms with Gasteiger partial charge >= 0.3 is 17.9 Å². The number of carbonyl (C=O) groups excluding carboxylic acids is 3. The smallest absolute Gasteiger partial charge is 0.306 e. The molecule has 0 spiro atoms. The van der Waals surface area contributed by atoms with Crippen molar-refractivity contribution < 1.29 is 28.6 Å². The molecule has 0 saturated heterocycles. The average Bonchev–Trinajstić information content (AvgIpc) is 3.39. The molecule has 0 aliphatic rings. The Hall–Kier alpha value is -4.45.